The number of allylic oxidation sites excluding steroid dienone is 1. The third-order valence-electron chi connectivity index (χ3n) is 2.88. The van der Waals surface area contributed by atoms with Gasteiger partial charge in [-0.2, -0.15) is 0 Å². The maximum atomic E-state index is 12.0. The van der Waals surface area contributed by atoms with Crippen LogP contribution in [0.1, 0.15) is 15.9 Å². The van der Waals surface area contributed by atoms with Crippen molar-refractivity contribution in [2.75, 3.05) is 12.8 Å². The minimum absolute atomic E-state index is 0.111. The molecule has 0 aliphatic carbocycles. The molecule has 20 heavy (non-hydrogen) atoms. The van der Waals surface area contributed by atoms with Gasteiger partial charge in [0.05, 0.1) is 12.7 Å². The van der Waals surface area contributed by atoms with E-state index in [2.05, 4.69) is 0 Å². The summed E-state index contributed by atoms with van der Waals surface area (Å²) in [6, 6.07) is 11.8. The van der Waals surface area contributed by atoms with Gasteiger partial charge in [-0.25, -0.2) is 0 Å². The maximum absolute atomic E-state index is 12.0. The number of anilines is 1. The van der Waals surface area contributed by atoms with Gasteiger partial charge in [-0.15, -0.1) is 0 Å². The highest BCUT2D eigenvalue weighted by atomic mass is 16.5. The van der Waals surface area contributed by atoms with Crippen molar-refractivity contribution in [2.45, 2.75) is 0 Å². The predicted molar refractivity (Wildman–Crippen MR) is 78.9 cm³/mol. The first-order chi connectivity index (χ1) is 9.61. The van der Waals surface area contributed by atoms with Crippen molar-refractivity contribution >= 4 is 17.5 Å². The standard InChI is InChI=1S/C16H15NO3/c1-20-12-7-8-13(16(19)10-12)15(18)9-6-11-4-2-3-5-14(11)17/h2-10,19H,17H2,1H3/b9-6+. The lowest BCUT2D eigenvalue weighted by Gasteiger charge is -2.04. The molecule has 0 radical (unpaired) electrons. The highest BCUT2D eigenvalue weighted by Crippen LogP contribution is 2.24. The molecule has 3 N–H and O–H groups in total. The van der Waals surface area contributed by atoms with Crippen LogP contribution in [0.3, 0.4) is 0 Å². The number of nitrogen functional groups attached to an aromatic ring is 1. The fourth-order valence-corrected chi connectivity index (χ4v) is 1.76. The average Bonchev–Trinajstić information content (AvgIpc) is 2.46. The zero-order valence-corrected chi connectivity index (χ0v) is 11.0. The van der Waals surface area contributed by atoms with E-state index < -0.39 is 0 Å². The summed E-state index contributed by atoms with van der Waals surface area (Å²) in [4.78, 5) is 12.0. The van der Waals surface area contributed by atoms with E-state index in [1.54, 1.807) is 18.2 Å². The number of methoxy groups -OCH3 is 1. The molecule has 0 spiro atoms. The molecule has 102 valence electrons. The molecule has 0 aliphatic heterocycles. The fraction of sp³-hybridized carbons (Fsp3) is 0.0625. The van der Waals surface area contributed by atoms with Crippen LogP contribution < -0.4 is 10.5 Å². The van der Waals surface area contributed by atoms with Gasteiger partial charge in [0.25, 0.3) is 0 Å². The molecule has 2 rings (SSSR count). The maximum Gasteiger partial charge on any atom is 0.189 e. The Morgan fingerprint density at radius 2 is 2.00 bits per heavy atom. The first kappa shape index (κ1) is 13.7. The number of phenols is 1. The monoisotopic (exact) mass is 269 g/mol. The highest BCUT2D eigenvalue weighted by molar-refractivity contribution is 6.08. The van der Waals surface area contributed by atoms with Crippen molar-refractivity contribution in [1.29, 1.82) is 0 Å². The Morgan fingerprint density at radius 3 is 2.65 bits per heavy atom. The number of carbonyl (C=O) groups excluding carboxylic acids is 1. The summed E-state index contributed by atoms with van der Waals surface area (Å²) < 4.78 is 4.97. The highest BCUT2D eigenvalue weighted by Gasteiger charge is 2.09. The van der Waals surface area contributed by atoms with E-state index in [0.717, 1.165) is 5.56 Å². The number of aromatic hydroxyl groups is 1. The van der Waals surface area contributed by atoms with Crippen LogP contribution >= 0.6 is 0 Å². The molecule has 2 aromatic carbocycles. The van der Waals surface area contributed by atoms with Crippen molar-refractivity contribution in [2.24, 2.45) is 0 Å². The largest absolute Gasteiger partial charge is 0.507 e. The zero-order chi connectivity index (χ0) is 14.5. The van der Waals surface area contributed by atoms with Crippen molar-refractivity contribution in [3.8, 4) is 11.5 Å². The number of para-hydroxylation sites is 1. The summed E-state index contributed by atoms with van der Waals surface area (Å²) in [6.45, 7) is 0. The van der Waals surface area contributed by atoms with E-state index in [-0.39, 0.29) is 17.1 Å². The van der Waals surface area contributed by atoms with Crippen molar-refractivity contribution in [3.63, 3.8) is 0 Å². The summed E-state index contributed by atoms with van der Waals surface area (Å²) in [6.07, 6.45) is 3.01. The molecule has 0 unspecified atom stereocenters. The lowest BCUT2D eigenvalue weighted by atomic mass is 10.1. The lowest BCUT2D eigenvalue weighted by molar-refractivity contribution is 0.104. The molecular weight excluding hydrogens is 254 g/mol. The number of hydrogen-bond donors (Lipinski definition) is 2. The molecule has 0 amide bonds. The summed E-state index contributed by atoms with van der Waals surface area (Å²) in [5.41, 5.74) is 7.36. The summed E-state index contributed by atoms with van der Waals surface area (Å²) in [5.74, 6) is 0.0868. The summed E-state index contributed by atoms with van der Waals surface area (Å²) in [7, 11) is 1.49. The zero-order valence-electron chi connectivity index (χ0n) is 11.0. The Labute approximate surface area is 117 Å². The fourth-order valence-electron chi connectivity index (χ4n) is 1.76. The van der Waals surface area contributed by atoms with Gasteiger partial charge in [0.2, 0.25) is 0 Å². The lowest BCUT2D eigenvalue weighted by Crippen LogP contribution is -1.96. The second-order valence-corrected chi connectivity index (χ2v) is 4.21. The van der Waals surface area contributed by atoms with Crippen molar-refractivity contribution in [1.82, 2.24) is 0 Å². The quantitative estimate of drug-likeness (QED) is 0.508. The number of hydrogen-bond acceptors (Lipinski definition) is 4. The first-order valence-corrected chi connectivity index (χ1v) is 6.05. The SMILES string of the molecule is COc1ccc(C(=O)/C=C/c2ccccc2N)c(O)c1. The third-order valence-corrected chi connectivity index (χ3v) is 2.88. The van der Waals surface area contributed by atoms with E-state index in [0.29, 0.717) is 11.4 Å². The van der Waals surface area contributed by atoms with Gasteiger partial charge in [0, 0.05) is 11.8 Å². The Bertz CT molecular complexity index is 663. The predicted octanol–water partition coefficient (Wildman–Crippen LogP) is 2.88. The molecule has 0 saturated carbocycles. The molecule has 0 atom stereocenters. The Balaban J connectivity index is 2.22. The van der Waals surface area contributed by atoms with Gasteiger partial charge in [-0.1, -0.05) is 18.2 Å². The Kier molecular flexibility index (Phi) is 4.05. The van der Waals surface area contributed by atoms with Crippen molar-refractivity contribution in [3.05, 3.63) is 59.7 Å². The summed E-state index contributed by atoms with van der Waals surface area (Å²) in [5, 5.41) is 9.79. The Morgan fingerprint density at radius 1 is 1.25 bits per heavy atom. The normalized spacial score (nSPS) is 10.7. The van der Waals surface area contributed by atoms with Gasteiger partial charge in [0.15, 0.2) is 5.78 Å². The van der Waals surface area contributed by atoms with E-state index >= 15 is 0 Å². The van der Waals surface area contributed by atoms with Crippen molar-refractivity contribution < 1.29 is 14.6 Å². The molecule has 0 heterocycles. The van der Waals surface area contributed by atoms with E-state index in [4.69, 9.17) is 10.5 Å². The van der Waals surface area contributed by atoms with Crippen LogP contribution in [0.25, 0.3) is 6.08 Å². The first-order valence-electron chi connectivity index (χ1n) is 6.05. The van der Waals surface area contributed by atoms with Gasteiger partial charge in [0.1, 0.15) is 11.5 Å². The van der Waals surface area contributed by atoms with Crippen LogP contribution in [0.15, 0.2) is 48.5 Å². The van der Waals surface area contributed by atoms with E-state index in [9.17, 15) is 9.90 Å². The third kappa shape index (κ3) is 2.98. The summed E-state index contributed by atoms with van der Waals surface area (Å²) >= 11 is 0. The molecule has 0 bridgehead atoms. The molecule has 4 heteroatoms. The van der Waals surface area contributed by atoms with E-state index in [1.165, 1.54) is 25.3 Å². The number of rotatable bonds is 4. The molecular formula is C16H15NO3. The van der Waals surface area contributed by atoms with E-state index in [1.807, 2.05) is 18.2 Å². The number of nitrogens with two attached hydrogens (primary N) is 1. The molecule has 2 aromatic rings. The second kappa shape index (κ2) is 5.93. The molecule has 0 aromatic heterocycles. The van der Waals surface area contributed by atoms with Crippen LogP contribution in [0.5, 0.6) is 11.5 Å². The van der Waals surface area contributed by atoms with Gasteiger partial charge in [-0.05, 0) is 35.9 Å². The molecule has 4 nitrogen and oxygen atoms in total. The second-order valence-electron chi connectivity index (χ2n) is 4.21. The number of ether oxygens (including phenoxy) is 1. The van der Waals surface area contributed by atoms with Gasteiger partial charge in [-0.3, -0.25) is 4.79 Å². The van der Waals surface area contributed by atoms with Crippen LogP contribution in [-0.4, -0.2) is 18.0 Å². The van der Waals surface area contributed by atoms with Crippen LogP contribution in [0, 0.1) is 0 Å². The molecule has 0 saturated heterocycles. The number of carbonyl (C=O) groups is 1. The molecule has 0 fully saturated rings. The smallest absolute Gasteiger partial charge is 0.189 e. The molecule has 0 aliphatic rings. The van der Waals surface area contributed by atoms with Crippen LogP contribution in [0.2, 0.25) is 0 Å². The van der Waals surface area contributed by atoms with Gasteiger partial charge < -0.3 is 15.6 Å². The average molecular weight is 269 g/mol. The topological polar surface area (TPSA) is 72.5 Å². The number of benzene rings is 2. The Hall–Kier alpha value is -2.75. The van der Waals surface area contributed by atoms with Crippen LogP contribution in [0.4, 0.5) is 5.69 Å². The number of phenolic OH excluding ortho intramolecular Hbond substituents is 1. The van der Waals surface area contributed by atoms with Gasteiger partial charge >= 0.3 is 0 Å². The minimum atomic E-state index is -0.298. The minimum Gasteiger partial charge on any atom is -0.507 e. The number of ketones is 1. The van der Waals surface area contributed by atoms with Crippen LogP contribution in [-0.2, 0) is 0 Å².